The van der Waals surface area contributed by atoms with Crippen LogP contribution in [0.3, 0.4) is 0 Å². The lowest BCUT2D eigenvalue weighted by Gasteiger charge is -2.01. The van der Waals surface area contributed by atoms with Gasteiger partial charge in [0.05, 0.1) is 23.9 Å². The predicted molar refractivity (Wildman–Crippen MR) is 61.8 cm³/mol. The Kier molecular flexibility index (Phi) is 3.26. The van der Waals surface area contributed by atoms with Crippen molar-refractivity contribution in [2.45, 2.75) is 13.5 Å². The summed E-state index contributed by atoms with van der Waals surface area (Å²) in [5, 5.41) is 1.81. The van der Waals surface area contributed by atoms with Crippen molar-refractivity contribution in [3.05, 3.63) is 35.0 Å². The topological polar surface area (TPSA) is 37.0 Å². The van der Waals surface area contributed by atoms with Crippen molar-refractivity contribution >= 4 is 22.5 Å². The third kappa shape index (κ3) is 2.15. The van der Waals surface area contributed by atoms with Gasteiger partial charge in [0, 0.05) is 10.9 Å². The van der Waals surface area contributed by atoms with Gasteiger partial charge in [-0.1, -0.05) is 29.8 Å². The summed E-state index contributed by atoms with van der Waals surface area (Å²) in [6.45, 7) is 3.15. The molecule has 0 aliphatic carbocycles. The lowest BCUT2D eigenvalue weighted by Crippen LogP contribution is -2.13. The van der Waals surface area contributed by atoms with Crippen LogP contribution in [0.1, 0.15) is 12.6 Å². The van der Waals surface area contributed by atoms with Crippen LogP contribution in [-0.4, -0.2) is 11.6 Å². The maximum absolute atomic E-state index is 6.21. The van der Waals surface area contributed by atoms with Gasteiger partial charge in [-0.15, -0.1) is 0 Å². The average molecular weight is 225 g/mol. The number of hydroxylamine groups is 1. The molecule has 4 heteroatoms. The van der Waals surface area contributed by atoms with E-state index in [2.05, 4.69) is 10.5 Å². The lowest BCUT2D eigenvalue weighted by molar-refractivity contribution is 0.0457. The van der Waals surface area contributed by atoms with E-state index in [0.29, 0.717) is 13.2 Å². The van der Waals surface area contributed by atoms with Gasteiger partial charge >= 0.3 is 0 Å². The highest BCUT2D eigenvalue weighted by Crippen LogP contribution is 2.26. The van der Waals surface area contributed by atoms with Gasteiger partial charge in [-0.05, 0) is 13.0 Å². The number of H-pyrrole nitrogens is 1. The van der Waals surface area contributed by atoms with Crippen molar-refractivity contribution in [1.29, 1.82) is 0 Å². The Morgan fingerprint density at radius 1 is 1.40 bits per heavy atom. The summed E-state index contributed by atoms with van der Waals surface area (Å²) in [4.78, 5) is 8.31. The van der Waals surface area contributed by atoms with E-state index in [1.165, 1.54) is 0 Å². The Hall–Kier alpha value is -1.03. The first-order valence-corrected chi connectivity index (χ1v) is 5.30. The second-order valence-corrected chi connectivity index (χ2v) is 3.60. The molecule has 0 atom stereocenters. The number of rotatable bonds is 4. The first kappa shape index (κ1) is 10.5. The number of aromatic amines is 1. The molecule has 0 bridgehead atoms. The zero-order chi connectivity index (χ0) is 10.7. The molecule has 1 aromatic carbocycles. The zero-order valence-electron chi connectivity index (χ0n) is 8.51. The number of hydrogen-bond donors (Lipinski definition) is 2. The van der Waals surface area contributed by atoms with Gasteiger partial charge in [-0.3, -0.25) is 0 Å². The summed E-state index contributed by atoms with van der Waals surface area (Å²) in [6.07, 6.45) is 0. The molecule has 0 fully saturated rings. The van der Waals surface area contributed by atoms with E-state index < -0.39 is 0 Å². The molecule has 0 saturated carbocycles. The minimum atomic E-state index is 0.585. The van der Waals surface area contributed by atoms with Crippen molar-refractivity contribution in [2.24, 2.45) is 0 Å². The molecule has 1 aromatic heterocycles. The molecule has 0 aliphatic rings. The van der Waals surface area contributed by atoms with Gasteiger partial charge in [0.25, 0.3) is 0 Å². The van der Waals surface area contributed by atoms with Crippen LogP contribution in [0.2, 0.25) is 5.02 Å². The first-order chi connectivity index (χ1) is 7.33. The van der Waals surface area contributed by atoms with Crippen molar-refractivity contribution < 1.29 is 4.84 Å². The fraction of sp³-hybridized carbons (Fsp3) is 0.273. The average Bonchev–Trinajstić information content (AvgIpc) is 2.57. The highest BCUT2D eigenvalue weighted by atomic mass is 35.5. The van der Waals surface area contributed by atoms with E-state index in [0.717, 1.165) is 21.6 Å². The molecule has 80 valence electrons. The number of fused-ring (bicyclic) bond motifs is 1. The lowest BCUT2D eigenvalue weighted by atomic mass is 10.2. The molecule has 2 rings (SSSR count). The molecule has 0 spiro atoms. The second-order valence-electron chi connectivity index (χ2n) is 3.22. The molecule has 0 amide bonds. The van der Waals surface area contributed by atoms with Gasteiger partial charge < -0.3 is 9.82 Å². The highest BCUT2D eigenvalue weighted by molar-refractivity contribution is 6.36. The molecule has 3 nitrogen and oxygen atoms in total. The van der Waals surface area contributed by atoms with E-state index in [9.17, 15) is 0 Å². The molecule has 0 unspecified atom stereocenters. The summed E-state index contributed by atoms with van der Waals surface area (Å²) in [7, 11) is 0. The van der Waals surface area contributed by atoms with E-state index >= 15 is 0 Å². The fourth-order valence-electron chi connectivity index (χ4n) is 1.51. The van der Waals surface area contributed by atoms with Crippen LogP contribution in [0.15, 0.2) is 24.3 Å². The summed E-state index contributed by atoms with van der Waals surface area (Å²) < 4.78 is 0. The third-order valence-corrected chi connectivity index (χ3v) is 2.64. The fourth-order valence-corrected chi connectivity index (χ4v) is 1.79. The Balaban J connectivity index is 2.24. The molecule has 0 saturated heterocycles. The normalized spacial score (nSPS) is 11.1. The number of hydrogen-bond acceptors (Lipinski definition) is 2. The number of halogens is 1. The predicted octanol–water partition coefficient (Wildman–Crippen LogP) is 2.86. The van der Waals surface area contributed by atoms with Crippen molar-refractivity contribution in [3.8, 4) is 0 Å². The minimum Gasteiger partial charge on any atom is -0.356 e. The molecule has 0 aliphatic heterocycles. The summed E-state index contributed by atoms with van der Waals surface area (Å²) in [5.41, 5.74) is 4.84. The van der Waals surface area contributed by atoms with Crippen LogP contribution in [0.25, 0.3) is 10.9 Å². The zero-order valence-corrected chi connectivity index (χ0v) is 9.27. The summed E-state index contributed by atoms with van der Waals surface area (Å²) in [5.74, 6) is 0. The van der Waals surface area contributed by atoms with Crippen molar-refractivity contribution in [1.82, 2.24) is 10.5 Å². The SMILES string of the molecule is CCONCc1[nH]c2ccccc2c1Cl. The maximum atomic E-state index is 6.21. The Morgan fingerprint density at radius 2 is 2.20 bits per heavy atom. The molecular weight excluding hydrogens is 212 g/mol. The summed E-state index contributed by atoms with van der Waals surface area (Å²) >= 11 is 6.21. The van der Waals surface area contributed by atoms with Gasteiger partial charge in [0.2, 0.25) is 0 Å². The van der Waals surface area contributed by atoms with Crippen LogP contribution in [0, 0.1) is 0 Å². The highest BCUT2D eigenvalue weighted by Gasteiger charge is 2.07. The number of benzene rings is 1. The molecule has 15 heavy (non-hydrogen) atoms. The van der Waals surface area contributed by atoms with Crippen molar-refractivity contribution in [2.75, 3.05) is 6.61 Å². The van der Waals surface area contributed by atoms with Crippen LogP contribution in [0.4, 0.5) is 0 Å². The van der Waals surface area contributed by atoms with E-state index in [-0.39, 0.29) is 0 Å². The Morgan fingerprint density at radius 3 is 2.93 bits per heavy atom. The molecule has 1 heterocycles. The molecule has 2 N–H and O–H groups in total. The van der Waals surface area contributed by atoms with Gasteiger partial charge in [-0.2, -0.15) is 5.48 Å². The van der Waals surface area contributed by atoms with Crippen LogP contribution in [-0.2, 0) is 11.4 Å². The van der Waals surface area contributed by atoms with Crippen molar-refractivity contribution in [3.63, 3.8) is 0 Å². The number of nitrogens with one attached hydrogen (secondary N) is 2. The first-order valence-electron chi connectivity index (χ1n) is 4.92. The van der Waals surface area contributed by atoms with Gasteiger partial charge in [0.1, 0.15) is 0 Å². The Bertz CT molecular complexity index is 453. The maximum Gasteiger partial charge on any atom is 0.0706 e. The second kappa shape index (κ2) is 4.66. The van der Waals surface area contributed by atoms with Crippen LogP contribution < -0.4 is 5.48 Å². The van der Waals surface area contributed by atoms with Crippen LogP contribution >= 0.6 is 11.6 Å². The van der Waals surface area contributed by atoms with Gasteiger partial charge in [0.15, 0.2) is 0 Å². The third-order valence-electron chi connectivity index (χ3n) is 2.21. The van der Waals surface area contributed by atoms with E-state index in [1.54, 1.807) is 0 Å². The van der Waals surface area contributed by atoms with Gasteiger partial charge in [-0.25, -0.2) is 0 Å². The number of aromatic nitrogens is 1. The molecular formula is C11H13ClN2O. The quantitative estimate of drug-likeness (QED) is 0.619. The molecule has 0 radical (unpaired) electrons. The monoisotopic (exact) mass is 224 g/mol. The largest absolute Gasteiger partial charge is 0.356 e. The summed E-state index contributed by atoms with van der Waals surface area (Å²) in [6, 6.07) is 7.96. The smallest absolute Gasteiger partial charge is 0.0706 e. The van der Waals surface area contributed by atoms with Crippen LogP contribution in [0.5, 0.6) is 0 Å². The number of para-hydroxylation sites is 1. The standard InChI is InChI=1S/C11H13ClN2O/c1-2-15-13-7-10-11(12)8-5-3-4-6-9(8)14-10/h3-6,13-14H,2,7H2,1H3. The molecule has 2 aromatic rings. The van der Waals surface area contributed by atoms with E-state index in [1.807, 2.05) is 31.2 Å². The minimum absolute atomic E-state index is 0.585. The van der Waals surface area contributed by atoms with E-state index in [4.69, 9.17) is 16.4 Å². The Labute approximate surface area is 93.3 Å².